The van der Waals surface area contributed by atoms with Crippen molar-refractivity contribution >= 4 is 29.9 Å². The van der Waals surface area contributed by atoms with E-state index in [0.717, 1.165) is 58.3 Å². The van der Waals surface area contributed by atoms with Gasteiger partial charge < -0.3 is 20.1 Å². The van der Waals surface area contributed by atoms with E-state index in [1.54, 1.807) is 18.2 Å². The van der Waals surface area contributed by atoms with Gasteiger partial charge in [0, 0.05) is 32.7 Å². The van der Waals surface area contributed by atoms with E-state index in [0.29, 0.717) is 6.54 Å². The maximum Gasteiger partial charge on any atom is 0.191 e. The number of hydrogen-bond donors (Lipinski definition) is 2. The fourth-order valence-electron chi connectivity index (χ4n) is 2.66. The van der Waals surface area contributed by atoms with Gasteiger partial charge in [0.2, 0.25) is 0 Å². The van der Waals surface area contributed by atoms with Crippen molar-refractivity contribution in [3.63, 3.8) is 0 Å². The van der Waals surface area contributed by atoms with Crippen molar-refractivity contribution in [3.05, 3.63) is 30.1 Å². The number of rotatable bonds is 9. The Morgan fingerprint density at radius 2 is 2.00 bits per heavy atom. The third-order valence-electron chi connectivity index (χ3n) is 4.21. The van der Waals surface area contributed by atoms with Crippen LogP contribution in [0.25, 0.3) is 0 Å². The van der Waals surface area contributed by atoms with Gasteiger partial charge in [0.15, 0.2) is 17.5 Å². The molecule has 6 nitrogen and oxygen atoms in total. The van der Waals surface area contributed by atoms with Gasteiger partial charge in [0.05, 0.1) is 19.8 Å². The molecular formula is C19H32FIN4O2. The number of para-hydroxylation sites is 1. The Kier molecular flexibility index (Phi) is 12.4. The van der Waals surface area contributed by atoms with Crippen LogP contribution in [0.4, 0.5) is 4.39 Å². The van der Waals surface area contributed by atoms with Crippen LogP contribution in [-0.2, 0) is 4.74 Å². The van der Waals surface area contributed by atoms with E-state index in [2.05, 4.69) is 20.5 Å². The Bertz CT molecular complexity index is 556. The monoisotopic (exact) mass is 494 g/mol. The van der Waals surface area contributed by atoms with Crippen molar-refractivity contribution in [1.29, 1.82) is 0 Å². The standard InChI is InChI=1S/C19H31FN4O2.HI/c1-3-16(26-18-8-6-5-7-17(18)20)15-23-19(21-4-2)22-9-10-24-11-13-25-14-12-24;/h5-8,16H,3-4,9-15H2,1-2H3,(H2,21,22,23);1H. The molecule has 0 amide bonds. The highest BCUT2D eigenvalue weighted by atomic mass is 127. The number of hydrogen-bond acceptors (Lipinski definition) is 4. The number of ether oxygens (including phenoxy) is 2. The predicted molar refractivity (Wildman–Crippen MR) is 118 cm³/mol. The van der Waals surface area contributed by atoms with Gasteiger partial charge in [-0.15, -0.1) is 24.0 Å². The van der Waals surface area contributed by atoms with Crippen molar-refractivity contribution in [1.82, 2.24) is 15.5 Å². The van der Waals surface area contributed by atoms with Crippen molar-refractivity contribution in [2.45, 2.75) is 26.4 Å². The van der Waals surface area contributed by atoms with Gasteiger partial charge in [0.1, 0.15) is 6.10 Å². The molecule has 1 aliphatic rings. The zero-order chi connectivity index (χ0) is 18.6. The Labute approximate surface area is 178 Å². The summed E-state index contributed by atoms with van der Waals surface area (Å²) in [6, 6.07) is 6.48. The van der Waals surface area contributed by atoms with Crippen LogP contribution in [0, 0.1) is 5.82 Å². The second-order valence-corrected chi connectivity index (χ2v) is 6.18. The average molecular weight is 494 g/mol. The average Bonchev–Trinajstić information content (AvgIpc) is 2.67. The first-order valence-corrected chi connectivity index (χ1v) is 9.46. The molecule has 1 unspecified atom stereocenters. The molecule has 8 heteroatoms. The minimum absolute atomic E-state index is 0. The lowest BCUT2D eigenvalue weighted by molar-refractivity contribution is 0.0389. The summed E-state index contributed by atoms with van der Waals surface area (Å²) >= 11 is 0. The molecule has 0 bridgehead atoms. The largest absolute Gasteiger partial charge is 0.485 e. The van der Waals surface area contributed by atoms with E-state index >= 15 is 0 Å². The van der Waals surface area contributed by atoms with Gasteiger partial charge in [-0.1, -0.05) is 19.1 Å². The molecule has 1 aromatic rings. The van der Waals surface area contributed by atoms with Crippen LogP contribution in [0.2, 0.25) is 0 Å². The number of nitrogens with zero attached hydrogens (tertiary/aromatic N) is 2. The molecule has 154 valence electrons. The molecule has 0 aliphatic carbocycles. The molecule has 2 rings (SSSR count). The normalized spacial score (nSPS) is 16.3. The van der Waals surface area contributed by atoms with Crippen molar-refractivity contribution in [3.8, 4) is 5.75 Å². The zero-order valence-electron chi connectivity index (χ0n) is 16.2. The van der Waals surface area contributed by atoms with Gasteiger partial charge in [-0.3, -0.25) is 4.90 Å². The summed E-state index contributed by atoms with van der Waals surface area (Å²) in [6.45, 7) is 10.6. The maximum absolute atomic E-state index is 13.8. The van der Waals surface area contributed by atoms with Crippen LogP contribution in [0.3, 0.4) is 0 Å². The summed E-state index contributed by atoms with van der Waals surface area (Å²) in [5.41, 5.74) is 0. The number of benzene rings is 1. The lowest BCUT2D eigenvalue weighted by atomic mass is 10.2. The Balaban J connectivity index is 0.00000364. The van der Waals surface area contributed by atoms with Gasteiger partial charge in [0.25, 0.3) is 0 Å². The minimum Gasteiger partial charge on any atom is -0.485 e. The molecule has 2 N–H and O–H groups in total. The second-order valence-electron chi connectivity index (χ2n) is 6.18. The molecule has 1 atom stereocenters. The molecule has 1 aromatic carbocycles. The second kappa shape index (κ2) is 14.0. The van der Waals surface area contributed by atoms with Crippen molar-refractivity contribution in [2.75, 3.05) is 52.5 Å². The molecule has 0 spiro atoms. The topological polar surface area (TPSA) is 58.1 Å². The van der Waals surface area contributed by atoms with E-state index in [1.165, 1.54) is 6.07 Å². The molecule has 27 heavy (non-hydrogen) atoms. The fourth-order valence-corrected chi connectivity index (χ4v) is 2.66. The first kappa shape index (κ1) is 23.9. The summed E-state index contributed by atoms with van der Waals surface area (Å²) in [4.78, 5) is 6.97. The van der Waals surface area contributed by atoms with E-state index in [-0.39, 0.29) is 41.6 Å². The summed E-state index contributed by atoms with van der Waals surface area (Å²) in [7, 11) is 0. The molecule has 1 saturated heterocycles. The van der Waals surface area contributed by atoms with Gasteiger partial charge in [-0.05, 0) is 25.5 Å². The Hall–Kier alpha value is -1.13. The minimum atomic E-state index is -0.342. The van der Waals surface area contributed by atoms with E-state index in [9.17, 15) is 4.39 Å². The van der Waals surface area contributed by atoms with Crippen molar-refractivity contribution in [2.24, 2.45) is 4.99 Å². The molecule has 1 heterocycles. The molecule has 0 saturated carbocycles. The molecule has 1 aliphatic heterocycles. The lowest BCUT2D eigenvalue weighted by Gasteiger charge is -2.26. The summed E-state index contributed by atoms with van der Waals surface area (Å²) in [5, 5.41) is 6.59. The quantitative estimate of drug-likeness (QED) is 0.314. The highest BCUT2D eigenvalue weighted by molar-refractivity contribution is 14.0. The van der Waals surface area contributed by atoms with Crippen LogP contribution in [0.15, 0.2) is 29.3 Å². The Morgan fingerprint density at radius 3 is 2.67 bits per heavy atom. The van der Waals surface area contributed by atoms with Gasteiger partial charge in [-0.2, -0.15) is 0 Å². The van der Waals surface area contributed by atoms with Crippen LogP contribution >= 0.6 is 24.0 Å². The molecule has 1 fully saturated rings. The first-order valence-electron chi connectivity index (χ1n) is 9.46. The predicted octanol–water partition coefficient (Wildman–Crippen LogP) is 2.49. The third kappa shape index (κ3) is 9.07. The molecule has 0 radical (unpaired) electrons. The SMILES string of the molecule is CCNC(=NCC(CC)Oc1ccccc1F)NCCN1CCOCC1.I. The fraction of sp³-hybridized carbons (Fsp3) is 0.632. The van der Waals surface area contributed by atoms with E-state index < -0.39 is 0 Å². The van der Waals surface area contributed by atoms with Crippen LogP contribution in [-0.4, -0.2) is 69.4 Å². The first-order chi connectivity index (χ1) is 12.7. The van der Waals surface area contributed by atoms with Gasteiger partial charge in [-0.25, -0.2) is 9.38 Å². The summed E-state index contributed by atoms with van der Waals surface area (Å²) in [6.07, 6.45) is 0.590. The summed E-state index contributed by atoms with van der Waals surface area (Å²) < 4.78 is 24.9. The number of morpholine rings is 1. The summed E-state index contributed by atoms with van der Waals surface area (Å²) in [5.74, 6) is 0.696. The van der Waals surface area contributed by atoms with Crippen LogP contribution < -0.4 is 15.4 Å². The Morgan fingerprint density at radius 1 is 1.26 bits per heavy atom. The van der Waals surface area contributed by atoms with E-state index in [1.807, 2.05) is 13.8 Å². The van der Waals surface area contributed by atoms with Crippen LogP contribution in [0.1, 0.15) is 20.3 Å². The lowest BCUT2D eigenvalue weighted by Crippen LogP contribution is -2.44. The third-order valence-corrected chi connectivity index (χ3v) is 4.21. The molecular weight excluding hydrogens is 462 g/mol. The number of nitrogens with one attached hydrogen (secondary N) is 2. The van der Waals surface area contributed by atoms with Crippen LogP contribution in [0.5, 0.6) is 5.75 Å². The number of halogens is 2. The smallest absolute Gasteiger partial charge is 0.191 e. The van der Waals surface area contributed by atoms with Crippen molar-refractivity contribution < 1.29 is 13.9 Å². The highest BCUT2D eigenvalue weighted by Gasteiger charge is 2.12. The highest BCUT2D eigenvalue weighted by Crippen LogP contribution is 2.18. The molecule has 0 aromatic heterocycles. The van der Waals surface area contributed by atoms with E-state index in [4.69, 9.17) is 9.47 Å². The number of guanidine groups is 1. The maximum atomic E-state index is 13.8. The zero-order valence-corrected chi connectivity index (χ0v) is 18.6. The number of aliphatic imine (C=N–C) groups is 1. The van der Waals surface area contributed by atoms with Gasteiger partial charge >= 0.3 is 0 Å².